The zero-order valence-corrected chi connectivity index (χ0v) is 18.7. The summed E-state index contributed by atoms with van der Waals surface area (Å²) in [5.41, 5.74) is 2.17. The maximum absolute atomic E-state index is 11.0. The first-order chi connectivity index (χ1) is 17.2. The summed E-state index contributed by atoms with van der Waals surface area (Å²) in [6, 6.07) is 15.5. The summed E-state index contributed by atoms with van der Waals surface area (Å²) in [5.74, 6) is -1.41. The molecule has 2 atom stereocenters. The fraction of sp³-hybridized carbons (Fsp3) is 0.0714. The molecule has 36 heavy (non-hydrogen) atoms. The number of ether oxygens (including phenoxy) is 1. The Kier molecular flexibility index (Phi) is 5.49. The standard InChI is InChI=1S/C28H22O8/c29-17-4-3-15(22(33)12-17)2-1-14-7-24(35)27-25(8-14)36-28(21-6-5-18(30)13-23(21)34)26(27)16-9-19(31)11-20(32)10-16/h1-13,26,28-35H. The lowest BCUT2D eigenvalue weighted by Gasteiger charge is -2.21. The van der Waals surface area contributed by atoms with E-state index in [1.54, 1.807) is 24.3 Å². The number of hydrogen-bond acceptors (Lipinski definition) is 8. The van der Waals surface area contributed by atoms with Crippen molar-refractivity contribution in [1.82, 2.24) is 0 Å². The van der Waals surface area contributed by atoms with Gasteiger partial charge in [-0.3, -0.25) is 0 Å². The first kappa shape index (κ1) is 22.8. The van der Waals surface area contributed by atoms with Crippen molar-refractivity contribution >= 4 is 12.2 Å². The van der Waals surface area contributed by atoms with Crippen LogP contribution in [-0.4, -0.2) is 35.7 Å². The van der Waals surface area contributed by atoms with E-state index in [9.17, 15) is 35.7 Å². The van der Waals surface area contributed by atoms with Crippen LogP contribution in [0.25, 0.3) is 12.2 Å². The SMILES string of the molecule is Oc1cc(O)cc(C2c3c(O)cc(C=Cc4ccc(O)cc4O)cc3OC2c2ccc(O)cc2O)c1. The van der Waals surface area contributed by atoms with Gasteiger partial charge >= 0.3 is 0 Å². The van der Waals surface area contributed by atoms with Crippen LogP contribution in [0.5, 0.6) is 46.0 Å². The molecule has 0 fully saturated rings. The molecule has 5 rings (SSSR count). The van der Waals surface area contributed by atoms with Gasteiger partial charge in [-0.05, 0) is 59.7 Å². The van der Waals surface area contributed by atoms with Gasteiger partial charge in [0.25, 0.3) is 0 Å². The number of hydrogen-bond donors (Lipinski definition) is 7. The Morgan fingerprint density at radius 1 is 0.583 bits per heavy atom. The molecule has 0 bridgehead atoms. The van der Waals surface area contributed by atoms with Crippen molar-refractivity contribution in [2.75, 3.05) is 0 Å². The fourth-order valence-corrected chi connectivity index (χ4v) is 4.51. The van der Waals surface area contributed by atoms with Crippen LogP contribution in [0.4, 0.5) is 0 Å². The number of rotatable bonds is 4. The maximum Gasteiger partial charge on any atom is 0.138 e. The van der Waals surface area contributed by atoms with Crippen LogP contribution in [0.15, 0.2) is 66.7 Å². The molecule has 7 N–H and O–H groups in total. The van der Waals surface area contributed by atoms with Crippen LogP contribution >= 0.6 is 0 Å². The quantitative estimate of drug-likeness (QED) is 0.198. The van der Waals surface area contributed by atoms with Crippen LogP contribution in [0.1, 0.15) is 39.8 Å². The molecule has 182 valence electrons. The minimum atomic E-state index is -0.854. The van der Waals surface area contributed by atoms with Crippen molar-refractivity contribution in [1.29, 1.82) is 0 Å². The zero-order chi connectivity index (χ0) is 25.6. The highest BCUT2D eigenvalue weighted by Crippen LogP contribution is 2.55. The van der Waals surface area contributed by atoms with Crippen molar-refractivity contribution < 1.29 is 40.5 Å². The van der Waals surface area contributed by atoms with Gasteiger partial charge in [-0.2, -0.15) is 0 Å². The maximum atomic E-state index is 11.0. The normalized spacial score (nSPS) is 16.7. The first-order valence-corrected chi connectivity index (χ1v) is 11.0. The number of phenolic OH excluding ortho intramolecular Hbond substituents is 7. The molecule has 0 radical (unpaired) electrons. The molecule has 8 nitrogen and oxygen atoms in total. The van der Waals surface area contributed by atoms with Gasteiger partial charge in [-0.15, -0.1) is 0 Å². The van der Waals surface area contributed by atoms with E-state index < -0.39 is 12.0 Å². The van der Waals surface area contributed by atoms with Crippen molar-refractivity contribution in [2.45, 2.75) is 12.0 Å². The monoisotopic (exact) mass is 486 g/mol. The van der Waals surface area contributed by atoms with Gasteiger partial charge in [0.2, 0.25) is 0 Å². The molecule has 1 aliphatic rings. The van der Waals surface area contributed by atoms with Gasteiger partial charge in [-0.25, -0.2) is 0 Å². The third-order valence-electron chi connectivity index (χ3n) is 6.08. The van der Waals surface area contributed by atoms with Gasteiger partial charge in [0.15, 0.2) is 0 Å². The minimum absolute atomic E-state index is 0.0687. The molecule has 0 saturated heterocycles. The van der Waals surface area contributed by atoms with E-state index in [1.165, 1.54) is 54.6 Å². The highest BCUT2D eigenvalue weighted by Gasteiger charge is 2.40. The third kappa shape index (κ3) is 4.16. The van der Waals surface area contributed by atoms with E-state index >= 15 is 0 Å². The van der Waals surface area contributed by atoms with Crippen LogP contribution in [0.3, 0.4) is 0 Å². The van der Waals surface area contributed by atoms with Crippen molar-refractivity contribution in [2.24, 2.45) is 0 Å². The number of aromatic hydroxyl groups is 7. The highest BCUT2D eigenvalue weighted by molar-refractivity contribution is 5.75. The lowest BCUT2D eigenvalue weighted by atomic mass is 9.84. The highest BCUT2D eigenvalue weighted by atomic mass is 16.5. The van der Waals surface area contributed by atoms with E-state index in [-0.39, 0.29) is 40.2 Å². The second-order valence-corrected chi connectivity index (χ2v) is 8.57. The van der Waals surface area contributed by atoms with Crippen LogP contribution in [-0.2, 0) is 0 Å². The summed E-state index contributed by atoms with van der Waals surface area (Å²) in [6.45, 7) is 0. The zero-order valence-electron chi connectivity index (χ0n) is 18.7. The molecule has 1 aliphatic heterocycles. The number of fused-ring (bicyclic) bond motifs is 1. The average Bonchev–Trinajstić information content (AvgIpc) is 3.17. The second-order valence-electron chi connectivity index (χ2n) is 8.57. The summed E-state index contributed by atoms with van der Waals surface area (Å²) >= 11 is 0. The van der Waals surface area contributed by atoms with Gasteiger partial charge in [0, 0.05) is 34.9 Å². The molecule has 0 aliphatic carbocycles. The van der Waals surface area contributed by atoms with Crippen molar-refractivity contribution in [3.63, 3.8) is 0 Å². The summed E-state index contributed by atoms with van der Waals surface area (Å²) in [7, 11) is 0. The predicted octanol–water partition coefficient (Wildman–Crippen LogP) is 5.06. The molecule has 0 amide bonds. The van der Waals surface area contributed by atoms with Gasteiger partial charge < -0.3 is 40.5 Å². The van der Waals surface area contributed by atoms with E-state index in [2.05, 4.69) is 0 Å². The third-order valence-corrected chi connectivity index (χ3v) is 6.08. The number of phenols is 7. The Labute approximate surface area is 205 Å². The summed E-state index contributed by atoms with van der Waals surface area (Å²) < 4.78 is 6.19. The Balaban J connectivity index is 1.61. The summed E-state index contributed by atoms with van der Waals surface area (Å²) in [4.78, 5) is 0. The van der Waals surface area contributed by atoms with E-state index in [4.69, 9.17) is 4.74 Å². The lowest BCUT2D eigenvalue weighted by Crippen LogP contribution is -2.11. The lowest BCUT2D eigenvalue weighted by molar-refractivity contribution is 0.217. The molecular formula is C28H22O8. The molecule has 0 spiro atoms. The molecule has 4 aromatic rings. The topological polar surface area (TPSA) is 151 Å². The van der Waals surface area contributed by atoms with Crippen molar-refractivity contribution in [3.8, 4) is 46.0 Å². The molecule has 0 saturated carbocycles. The van der Waals surface area contributed by atoms with E-state index in [0.29, 0.717) is 33.6 Å². The number of benzene rings is 4. The molecule has 1 heterocycles. The smallest absolute Gasteiger partial charge is 0.138 e. The first-order valence-electron chi connectivity index (χ1n) is 11.0. The Bertz CT molecular complexity index is 1490. The molecule has 2 unspecified atom stereocenters. The molecule has 4 aromatic carbocycles. The minimum Gasteiger partial charge on any atom is -0.508 e. The predicted molar refractivity (Wildman–Crippen MR) is 132 cm³/mol. The van der Waals surface area contributed by atoms with E-state index in [1.807, 2.05) is 0 Å². The second kappa shape index (κ2) is 8.66. The van der Waals surface area contributed by atoms with Gasteiger partial charge in [-0.1, -0.05) is 12.2 Å². The fourth-order valence-electron chi connectivity index (χ4n) is 4.51. The van der Waals surface area contributed by atoms with Crippen LogP contribution < -0.4 is 4.74 Å². The van der Waals surface area contributed by atoms with Crippen LogP contribution in [0, 0.1) is 0 Å². The molecule has 8 heteroatoms. The largest absolute Gasteiger partial charge is 0.508 e. The summed E-state index contributed by atoms with van der Waals surface area (Å²) in [6.07, 6.45) is 2.41. The average molecular weight is 486 g/mol. The molecular weight excluding hydrogens is 464 g/mol. The Hall–Kier alpha value is -4.98. The summed E-state index contributed by atoms with van der Waals surface area (Å²) in [5, 5.41) is 71.0. The Morgan fingerprint density at radius 2 is 1.25 bits per heavy atom. The molecule has 0 aromatic heterocycles. The van der Waals surface area contributed by atoms with Gasteiger partial charge in [0.05, 0.1) is 5.92 Å². The van der Waals surface area contributed by atoms with E-state index in [0.717, 1.165) is 0 Å². The van der Waals surface area contributed by atoms with Crippen LogP contribution in [0.2, 0.25) is 0 Å². The Morgan fingerprint density at radius 3 is 1.92 bits per heavy atom. The van der Waals surface area contributed by atoms with Crippen molar-refractivity contribution in [3.05, 3.63) is 94.5 Å². The van der Waals surface area contributed by atoms with Gasteiger partial charge in [0.1, 0.15) is 52.1 Å².